The number of rotatable bonds is 13. The van der Waals surface area contributed by atoms with Gasteiger partial charge in [0.15, 0.2) is 0 Å². The van der Waals surface area contributed by atoms with E-state index in [1.807, 2.05) is 12.1 Å². The van der Waals surface area contributed by atoms with Gasteiger partial charge in [-0.05, 0) is 31.2 Å². The van der Waals surface area contributed by atoms with Crippen molar-refractivity contribution in [2.75, 3.05) is 0 Å². The van der Waals surface area contributed by atoms with Gasteiger partial charge in [-0.25, -0.2) is 0 Å². The normalized spacial score (nSPS) is 12.8. The third kappa shape index (κ3) is 10.6. The van der Waals surface area contributed by atoms with Crippen LogP contribution >= 0.6 is 0 Å². The Morgan fingerprint density at radius 2 is 1.55 bits per heavy atom. The first kappa shape index (κ1) is 19.0. The second kappa shape index (κ2) is 13.6. The molecule has 1 N–H and O–H groups in total. The van der Waals surface area contributed by atoms with E-state index in [2.05, 4.69) is 37.3 Å². The Hall–Kier alpha value is -1.08. The minimum Gasteiger partial charge on any atom is -0.389 e. The van der Waals surface area contributed by atoms with Gasteiger partial charge >= 0.3 is 0 Å². The lowest BCUT2D eigenvalue weighted by atomic mass is 10.1. The van der Waals surface area contributed by atoms with Gasteiger partial charge in [0.05, 0.1) is 6.10 Å². The third-order valence-electron chi connectivity index (χ3n) is 4.15. The van der Waals surface area contributed by atoms with Crippen molar-refractivity contribution in [1.29, 1.82) is 0 Å². The predicted molar refractivity (Wildman–Crippen MR) is 97.1 cm³/mol. The van der Waals surface area contributed by atoms with Crippen molar-refractivity contribution in [1.82, 2.24) is 0 Å². The van der Waals surface area contributed by atoms with Crippen LogP contribution in [-0.4, -0.2) is 11.2 Å². The van der Waals surface area contributed by atoms with Gasteiger partial charge in [0.2, 0.25) is 0 Å². The summed E-state index contributed by atoms with van der Waals surface area (Å²) in [5.74, 6) is 0. The number of unbranched alkanes of at least 4 members (excludes halogenated alkanes) is 8. The molecule has 1 aromatic rings. The number of hydrogen-bond donors (Lipinski definition) is 1. The highest BCUT2D eigenvalue weighted by Gasteiger charge is 1.99. The summed E-state index contributed by atoms with van der Waals surface area (Å²) in [6.07, 6.45) is 17.6. The van der Waals surface area contributed by atoms with E-state index in [4.69, 9.17) is 0 Å². The Balaban J connectivity index is 1.94. The smallest absolute Gasteiger partial charge is 0.0724 e. The number of allylic oxidation sites excluding steroid dienone is 1. The van der Waals surface area contributed by atoms with Crippen LogP contribution in [0, 0.1) is 0 Å². The van der Waals surface area contributed by atoms with Crippen molar-refractivity contribution in [3.8, 4) is 0 Å². The summed E-state index contributed by atoms with van der Waals surface area (Å²) in [7, 11) is 0. The lowest BCUT2D eigenvalue weighted by Crippen LogP contribution is -2.03. The van der Waals surface area contributed by atoms with Gasteiger partial charge in [-0.1, -0.05) is 94.4 Å². The average Bonchev–Trinajstić information content (AvgIpc) is 2.55. The molecule has 0 aliphatic rings. The van der Waals surface area contributed by atoms with Gasteiger partial charge in [-0.15, -0.1) is 0 Å². The quantitative estimate of drug-likeness (QED) is 0.346. The molecule has 0 bridgehead atoms. The Bertz CT molecular complexity index is 369. The molecular formula is C21H34O. The zero-order valence-electron chi connectivity index (χ0n) is 14.3. The fraction of sp³-hybridized carbons (Fsp3) is 0.619. The first-order chi connectivity index (χ1) is 10.8. The molecule has 1 nitrogen and oxygen atoms in total. The van der Waals surface area contributed by atoms with Crippen molar-refractivity contribution >= 4 is 0 Å². The molecule has 124 valence electrons. The molecule has 22 heavy (non-hydrogen) atoms. The zero-order valence-corrected chi connectivity index (χ0v) is 14.3. The van der Waals surface area contributed by atoms with Crippen LogP contribution in [-0.2, 0) is 6.42 Å². The van der Waals surface area contributed by atoms with Crippen LogP contribution in [0.4, 0.5) is 0 Å². The van der Waals surface area contributed by atoms with Crippen LogP contribution in [0.25, 0.3) is 0 Å². The van der Waals surface area contributed by atoms with Gasteiger partial charge in [-0.3, -0.25) is 0 Å². The molecule has 1 unspecified atom stereocenters. The molecule has 1 heteroatoms. The van der Waals surface area contributed by atoms with Crippen molar-refractivity contribution in [2.24, 2.45) is 0 Å². The SMILES string of the molecule is CCCCCCCCCC/C=C/C(O)CCc1ccccc1. The number of hydrogen-bond acceptors (Lipinski definition) is 1. The molecule has 0 aliphatic heterocycles. The summed E-state index contributed by atoms with van der Waals surface area (Å²) in [4.78, 5) is 0. The molecule has 1 rings (SSSR count). The second-order valence-corrected chi connectivity index (χ2v) is 6.28. The molecule has 0 saturated heterocycles. The lowest BCUT2D eigenvalue weighted by molar-refractivity contribution is 0.212. The number of benzene rings is 1. The molecule has 0 spiro atoms. The van der Waals surface area contributed by atoms with E-state index in [1.54, 1.807) is 0 Å². The maximum atomic E-state index is 9.95. The Kier molecular flexibility index (Phi) is 11.7. The molecule has 1 atom stereocenters. The van der Waals surface area contributed by atoms with Crippen LogP contribution in [0.2, 0.25) is 0 Å². The van der Waals surface area contributed by atoms with E-state index < -0.39 is 0 Å². The fourth-order valence-corrected chi connectivity index (χ4v) is 2.70. The lowest BCUT2D eigenvalue weighted by Gasteiger charge is -2.05. The summed E-state index contributed by atoms with van der Waals surface area (Å²) in [6, 6.07) is 10.4. The highest BCUT2D eigenvalue weighted by Crippen LogP contribution is 2.10. The Labute approximate surface area is 137 Å². The van der Waals surface area contributed by atoms with E-state index in [0.717, 1.165) is 19.3 Å². The monoisotopic (exact) mass is 302 g/mol. The summed E-state index contributed by atoms with van der Waals surface area (Å²) < 4.78 is 0. The maximum Gasteiger partial charge on any atom is 0.0724 e. The molecular weight excluding hydrogens is 268 g/mol. The van der Waals surface area contributed by atoms with Crippen molar-refractivity contribution in [3.63, 3.8) is 0 Å². The molecule has 1 aromatic carbocycles. The van der Waals surface area contributed by atoms with E-state index in [0.29, 0.717) is 0 Å². The molecule has 0 fully saturated rings. The molecule has 0 radical (unpaired) electrons. The van der Waals surface area contributed by atoms with Gasteiger partial charge in [0.1, 0.15) is 0 Å². The summed E-state index contributed by atoms with van der Waals surface area (Å²) in [5, 5.41) is 9.95. The summed E-state index contributed by atoms with van der Waals surface area (Å²) in [6.45, 7) is 2.26. The van der Waals surface area contributed by atoms with Gasteiger partial charge in [0.25, 0.3) is 0 Å². The first-order valence-electron chi connectivity index (χ1n) is 9.21. The van der Waals surface area contributed by atoms with Crippen LogP contribution in [0.3, 0.4) is 0 Å². The fourth-order valence-electron chi connectivity index (χ4n) is 2.70. The first-order valence-corrected chi connectivity index (χ1v) is 9.21. The molecule has 0 heterocycles. The number of aliphatic hydroxyl groups is 1. The standard InChI is InChI=1S/C21H34O/c1-2-3-4-5-6-7-8-9-10-14-17-21(22)19-18-20-15-12-11-13-16-20/h11-17,21-22H,2-10,18-19H2,1H3/b17-14+. The minimum absolute atomic E-state index is 0.297. The maximum absolute atomic E-state index is 9.95. The van der Waals surface area contributed by atoms with E-state index in [-0.39, 0.29) is 6.10 Å². The molecule has 0 saturated carbocycles. The topological polar surface area (TPSA) is 20.2 Å². The molecule has 0 aromatic heterocycles. The van der Waals surface area contributed by atoms with E-state index in [9.17, 15) is 5.11 Å². The second-order valence-electron chi connectivity index (χ2n) is 6.28. The number of aryl methyl sites for hydroxylation is 1. The van der Waals surface area contributed by atoms with Crippen LogP contribution in [0.15, 0.2) is 42.5 Å². The minimum atomic E-state index is -0.297. The molecule has 0 amide bonds. The van der Waals surface area contributed by atoms with Crippen LogP contribution in [0.5, 0.6) is 0 Å². The van der Waals surface area contributed by atoms with Crippen LogP contribution in [0.1, 0.15) is 76.7 Å². The largest absolute Gasteiger partial charge is 0.389 e. The third-order valence-corrected chi connectivity index (χ3v) is 4.15. The van der Waals surface area contributed by atoms with Gasteiger partial charge in [-0.2, -0.15) is 0 Å². The Morgan fingerprint density at radius 1 is 0.909 bits per heavy atom. The highest BCUT2D eigenvalue weighted by atomic mass is 16.3. The average molecular weight is 303 g/mol. The molecule has 0 aliphatic carbocycles. The van der Waals surface area contributed by atoms with Crippen LogP contribution < -0.4 is 0 Å². The Morgan fingerprint density at radius 3 is 2.23 bits per heavy atom. The van der Waals surface area contributed by atoms with Gasteiger partial charge in [0, 0.05) is 0 Å². The van der Waals surface area contributed by atoms with Gasteiger partial charge < -0.3 is 5.11 Å². The van der Waals surface area contributed by atoms with E-state index in [1.165, 1.54) is 56.9 Å². The highest BCUT2D eigenvalue weighted by molar-refractivity contribution is 5.14. The van der Waals surface area contributed by atoms with Crippen molar-refractivity contribution in [3.05, 3.63) is 48.0 Å². The predicted octanol–water partition coefficient (Wildman–Crippen LogP) is 6.07. The number of aliphatic hydroxyl groups excluding tert-OH is 1. The van der Waals surface area contributed by atoms with E-state index >= 15 is 0 Å². The van der Waals surface area contributed by atoms with Crippen molar-refractivity contribution < 1.29 is 5.11 Å². The summed E-state index contributed by atoms with van der Waals surface area (Å²) >= 11 is 0. The summed E-state index contributed by atoms with van der Waals surface area (Å²) in [5.41, 5.74) is 1.30. The zero-order chi connectivity index (χ0) is 15.9. The van der Waals surface area contributed by atoms with Crippen molar-refractivity contribution in [2.45, 2.75) is 83.7 Å².